The third kappa shape index (κ3) is 5.21. The second kappa shape index (κ2) is 8.83. The van der Waals surface area contributed by atoms with Crippen LogP contribution in [0.5, 0.6) is 0 Å². The third-order valence-corrected chi connectivity index (χ3v) is 3.38. The zero-order valence-corrected chi connectivity index (χ0v) is 12.0. The molecule has 1 rings (SSSR count). The first-order valence-corrected chi connectivity index (χ1v) is 7.56. The smallest absolute Gasteiger partial charge is 0.407 e. The van der Waals surface area contributed by atoms with Crippen LogP contribution in [0.15, 0.2) is 0 Å². The third-order valence-electron chi connectivity index (χ3n) is 2.83. The monoisotopic (exact) mass is 309 g/mol. The zero-order chi connectivity index (χ0) is 15.1. The van der Waals surface area contributed by atoms with Gasteiger partial charge in [0.2, 0.25) is 5.91 Å². The summed E-state index contributed by atoms with van der Waals surface area (Å²) in [5, 5.41) is 39.9. The highest BCUT2D eigenvalue weighted by Gasteiger charge is 2.39. The lowest BCUT2D eigenvalue weighted by molar-refractivity contribution is -0.118. The molecule has 4 unspecified atom stereocenters. The van der Waals surface area contributed by atoms with Gasteiger partial charge in [-0.05, 0) is 6.26 Å². The molecule has 0 bridgehead atoms. The van der Waals surface area contributed by atoms with E-state index in [1.54, 1.807) is 0 Å². The average molecular weight is 309 g/mol. The van der Waals surface area contributed by atoms with Gasteiger partial charge in [-0.15, -0.1) is 0 Å². The summed E-state index contributed by atoms with van der Waals surface area (Å²) in [7, 11) is -0.709. The molecule has 0 saturated carbocycles. The molecular formula is C10H20BNO7S. The molecule has 8 nitrogen and oxygen atoms in total. The molecule has 0 radical (unpaired) electrons. The van der Waals surface area contributed by atoms with Crippen molar-refractivity contribution in [1.82, 2.24) is 5.32 Å². The number of carbonyl (C=O) groups excluding carboxylic acids is 1. The van der Waals surface area contributed by atoms with Crippen LogP contribution in [0.2, 0.25) is 0 Å². The van der Waals surface area contributed by atoms with Gasteiger partial charge in [-0.3, -0.25) is 4.79 Å². The molecule has 116 valence electrons. The zero-order valence-electron chi connectivity index (χ0n) is 11.1. The average Bonchev–Trinajstić information content (AvgIpc) is 2.91. The van der Waals surface area contributed by atoms with Gasteiger partial charge in [0.1, 0.15) is 18.3 Å². The molecule has 0 aliphatic carbocycles. The van der Waals surface area contributed by atoms with Crippen molar-refractivity contribution < 1.29 is 34.5 Å². The number of hydrogen-bond acceptors (Lipinski definition) is 8. The highest BCUT2D eigenvalue weighted by atomic mass is 32.2. The highest BCUT2D eigenvalue weighted by Crippen LogP contribution is 2.15. The van der Waals surface area contributed by atoms with Gasteiger partial charge in [-0.1, -0.05) is 0 Å². The largest absolute Gasteiger partial charge is 0.477 e. The van der Waals surface area contributed by atoms with Gasteiger partial charge in [-0.25, -0.2) is 0 Å². The second-order valence-electron chi connectivity index (χ2n) is 4.41. The maximum absolute atomic E-state index is 11.3. The van der Waals surface area contributed by atoms with Gasteiger partial charge in [0.15, 0.2) is 0 Å². The van der Waals surface area contributed by atoms with E-state index in [1.165, 1.54) is 11.8 Å². The van der Waals surface area contributed by atoms with E-state index < -0.39 is 38.1 Å². The summed E-state index contributed by atoms with van der Waals surface area (Å²) in [5.74, 6) is 0.185. The van der Waals surface area contributed by atoms with Crippen molar-refractivity contribution in [3.8, 4) is 0 Å². The van der Waals surface area contributed by atoms with E-state index in [9.17, 15) is 20.1 Å². The van der Waals surface area contributed by atoms with Crippen LogP contribution in [0.4, 0.5) is 0 Å². The lowest BCUT2D eigenvalue weighted by Crippen LogP contribution is -2.47. The number of aliphatic hydroxyl groups is 4. The Hall–Kier alpha value is -0.355. The molecule has 1 heterocycles. The van der Waals surface area contributed by atoms with E-state index in [2.05, 4.69) is 5.32 Å². The number of carbonyl (C=O) groups is 1. The lowest BCUT2D eigenvalue weighted by Gasteiger charge is -2.25. The van der Waals surface area contributed by atoms with Crippen molar-refractivity contribution in [2.24, 2.45) is 0 Å². The molecule has 1 aliphatic rings. The topological polar surface area (TPSA) is 128 Å². The van der Waals surface area contributed by atoms with Crippen molar-refractivity contribution >= 4 is 24.8 Å². The van der Waals surface area contributed by atoms with Crippen LogP contribution in [0.25, 0.3) is 0 Å². The molecule has 0 aromatic rings. The molecule has 10 heteroatoms. The molecule has 4 atom stereocenters. The Labute approximate surface area is 121 Å². The minimum absolute atomic E-state index is 0.0272. The molecule has 1 amide bonds. The van der Waals surface area contributed by atoms with Gasteiger partial charge in [-0.2, -0.15) is 11.8 Å². The Morgan fingerprint density at radius 2 is 2.20 bits per heavy atom. The molecular weight excluding hydrogens is 289 g/mol. The molecule has 1 saturated heterocycles. The van der Waals surface area contributed by atoms with Gasteiger partial charge in [0, 0.05) is 0 Å². The predicted octanol–water partition coefficient (Wildman–Crippen LogP) is -3.02. The van der Waals surface area contributed by atoms with Crippen molar-refractivity contribution in [1.29, 1.82) is 0 Å². The number of nitrogens with one attached hydrogen (secondary N) is 1. The van der Waals surface area contributed by atoms with Crippen LogP contribution in [-0.2, 0) is 14.1 Å². The normalized spacial score (nSPS) is 23.4. The number of thioether (sulfide) groups is 1. The van der Waals surface area contributed by atoms with E-state index in [0.29, 0.717) is 5.75 Å². The number of aliphatic hydroxyl groups excluding tert-OH is 4. The first-order valence-electron chi connectivity index (χ1n) is 6.17. The summed E-state index contributed by atoms with van der Waals surface area (Å²) in [4.78, 5) is 11.3. The second-order valence-corrected chi connectivity index (χ2v) is 5.27. The number of amides is 1. The van der Waals surface area contributed by atoms with E-state index >= 15 is 0 Å². The van der Waals surface area contributed by atoms with Crippen molar-refractivity contribution in [3.05, 3.63) is 0 Å². The molecule has 0 aromatic heterocycles. The first kappa shape index (κ1) is 17.7. The summed E-state index contributed by atoms with van der Waals surface area (Å²) < 4.78 is 10.5. The SMILES string of the molecule is CSCC(=O)NCB1OCC(C(O)C(O)C(O)CO)O1. The van der Waals surface area contributed by atoms with Gasteiger partial charge in [0.25, 0.3) is 0 Å². The maximum atomic E-state index is 11.3. The minimum Gasteiger partial charge on any atom is -0.407 e. The Bertz CT molecular complexity index is 311. The molecule has 1 aliphatic heterocycles. The standard InChI is InChI=1S/C10H20BNO7S/c1-20-4-8(15)12-5-11-18-3-7(19-11)10(17)9(16)6(14)2-13/h6-7,9-10,13-14,16-17H,2-5H2,1H3,(H,12,15). The molecule has 0 aromatic carbocycles. The van der Waals surface area contributed by atoms with Crippen LogP contribution >= 0.6 is 11.8 Å². The minimum atomic E-state index is -1.53. The maximum Gasteiger partial charge on any atom is 0.477 e. The van der Waals surface area contributed by atoms with E-state index in [0.717, 1.165) is 0 Å². The Balaban J connectivity index is 2.33. The Morgan fingerprint density at radius 1 is 1.50 bits per heavy atom. The first-order chi connectivity index (χ1) is 9.49. The van der Waals surface area contributed by atoms with E-state index in [4.69, 9.17) is 14.4 Å². The molecule has 5 N–H and O–H groups in total. The van der Waals surface area contributed by atoms with E-state index in [-0.39, 0.29) is 19.0 Å². The van der Waals surface area contributed by atoms with Gasteiger partial charge < -0.3 is 35.1 Å². The molecule has 0 spiro atoms. The van der Waals surface area contributed by atoms with Crippen LogP contribution in [-0.4, -0.2) is 89.5 Å². The Morgan fingerprint density at radius 3 is 2.80 bits per heavy atom. The van der Waals surface area contributed by atoms with Crippen molar-refractivity contribution in [2.75, 3.05) is 31.7 Å². The Kier molecular flexibility index (Phi) is 7.81. The number of hydrogen-bond donors (Lipinski definition) is 5. The van der Waals surface area contributed by atoms with Gasteiger partial charge in [0.05, 0.1) is 31.5 Å². The van der Waals surface area contributed by atoms with E-state index in [1.807, 2.05) is 6.26 Å². The summed E-state index contributed by atoms with van der Waals surface area (Å²) in [6.07, 6.45) is -3.24. The van der Waals surface area contributed by atoms with Crippen LogP contribution in [0.3, 0.4) is 0 Å². The summed E-state index contributed by atoms with van der Waals surface area (Å²) in [6, 6.07) is 0. The van der Waals surface area contributed by atoms with Crippen LogP contribution < -0.4 is 5.32 Å². The summed E-state index contributed by atoms with van der Waals surface area (Å²) in [6.45, 7) is -0.639. The van der Waals surface area contributed by atoms with Gasteiger partial charge >= 0.3 is 7.12 Å². The van der Waals surface area contributed by atoms with Crippen LogP contribution in [0, 0.1) is 0 Å². The fraction of sp³-hybridized carbons (Fsp3) is 0.900. The highest BCUT2D eigenvalue weighted by molar-refractivity contribution is 7.99. The summed E-state index contributed by atoms with van der Waals surface area (Å²) >= 11 is 1.39. The lowest BCUT2D eigenvalue weighted by atomic mass is 9.91. The fourth-order valence-corrected chi connectivity index (χ4v) is 2.06. The number of rotatable bonds is 8. The predicted molar refractivity (Wildman–Crippen MR) is 73.1 cm³/mol. The van der Waals surface area contributed by atoms with Crippen LogP contribution in [0.1, 0.15) is 0 Å². The fourth-order valence-electron chi connectivity index (χ4n) is 1.70. The van der Waals surface area contributed by atoms with Crippen molar-refractivity contribution in [3.63, 3.8) is 0 Å². The molecule has 1 fully saturated rings. The van der Waals surface area contributed by atoms with Crippen molar-refractivity contribution in [2.45, 2.75) is 24.4 Å². The summed E-state index contributed by atoms with van der Waals surface area (Å²) in [5.41, 5.74) is 0. The quantitative estimate of drug-likeness (QED) is 0.300. The molecule has 20 heavy (non-hydrogen) atoms.